The number of benzene rings is 1. The van der Waals surface area contributed by atoms with Gasteiger partial charge in [-0.2, -0.15) is 5.26 Å². The first-order valence-corrected chi connectivity index (χ1v) is 6.69. The molecule has 2 rings (SSSR count). The molecule has 0 aliphatic carbocycles. The second-order valence-electron chi connectivity index (χ2n) is 4.52. The van der Waals surface area contributed by atoms with Gasteiger partial charge in [-0.05, 0) is 37.6 Å². The van der Waals surface area contributed by atoms with E-state index in [0.717, 1.165) is 23.6 Å². The van der Waals surface area contributed by atoms with Crippen LogP contribution < -0.4 is 10.1 Å². The standard InChI is InChI=1S/C16H18N2O2/c1-13(16-8-5-11-20-16)18-14-6-4-7-15(12-14)19-10-3-2-9-17/h4-8,11-13,18H,2-3,10H2,1H3. The summed E-state index contributed by atoms with van der Waals surface area (Å²) in [6.45, 7) is 2.60. The molecular weight excluding hydrogens is 252 g/mol. The lowest BCUT2D eigenvalue weighted by molar-refractivity contribution is 0.313. The molecule has 0 saturated carbocycles. The molecule has 0 spiro atoms. The van der Waals surface area contributed by atoms with Crippen LogP contribution in [-0.2, 0) is 0 Å². The minimum atomic E-state index is 0.0961. The fraction of sp³-hybridized carbons (Fsp3) is 0.312. The molecule has 0 amide bonds. The lowest BCUT2D eigenvalue weighted by atomic mass is 10.2. The summed E-state index contributed by atoms with van der Waals surface area (Å²) in [7, 11) is 0. The fourth-order valence-electron chi connectivity index (χ4n) is 1.88. The summed E-state index contributed by atoms with van der Waals surface area (Å²) in [6, 6.07) is 13.8. The van der Waals surface area contributed by atoms with Crippen LogP contribution in [0.2, 0.25) is 0 Å². The molecule has 2 aromatic rings. The third kappa shape index (κ3) is 4.06. The molecule has 4 heteroatoms. The van der Waals surface area contributed by atoms with Crippen molar-refractivity contribution in [2.75, 3.05) is 11.9 Å². The van der Waals surface area contributed by atoms with Gasteiger partial charge in [-0.1, -0.05) is 6.07 Å². The number of furan rings is 1. The Bertz CT molecular complexity index is 558. The van der Waals surface area contributed by atoms with Gasteiger partial charge in [-0.15, -0.1) is 0 Å². The second-order valence-corrected chi connectivity index (χ2v) is 4.52. The second kappa shape index (κ2) is 7.25. The van der Waals surface area contributed by atoms with Crippen LogP contribution in [-0.4, -0.2) is 6.61 Å². The van der Waals surface area contributed by atoms with Crippen molar-refractivity contribution < 1.29 is 9.15 Å². The average molecular weight is 270 g/mol. The molecule has 1 aromatic carbocycles. The lowest BCUT2D eigenvalue weighted by Crippen LogP contribution is -2.05. The third-order valence-corrected chi connectivity index (χ3v) is 2.89. The zero-order valence-corrected chi connectivity index (χ0v) is 11.5. The highest BCUT2D eigenvalue weighted by Gasteiger charge is 2.08. The van der Waals surface area contributed by atoms with E-state index in [0.29, 0.717) is 13.0 Å². The summed E-state index contributed by atoms with van der Waals surface area (Å²) in [5, 5.41) is 11.8. The lowest BCUT2D eigenvalue weighted by Gasteiger charge is -2.14. The topological polar surface area (TPSA) is 58.2 Å². The molecule has 1 N–H and O–H groups in total. The van der Waals surface area contributed by atoms with Gasteiger partial charge in [0.1, 0.15) is 11.5 Å². The predicted octanol–water partition coefficient (Wildman–Crippen LogP) is 4.14. The quantitative estimate of drug-likeness (QED) is 0.768. The molecule has 0 aliphatic rings. The van der Waals surface area contributed by atoms with Crippen molar-refractivity contribution in [1.82, 2.24) is 0 Å². The van der Waals surface area contributed by atoms with E-state index in [1.54, 1.807) is 6.26 Å². The maximum Gasteiger partial charge on any atom is 0.125 e. The highest BCUT2D eigenvalue weighted by atomic mass is 16.5. The number of nitrogens with zero attached hydrogens (tertiary/aromatic N) is 1. The number of hydrogen-bond donors (Lipinski definition) is 1. The van der Waals surface area contributed by atoms with E-state index in [2.05, 4.69) is 11.4 Å². The van der Waals surface area contributed by atoms with Crippen molar-refractivity contribution >= 4 is 5.69 Å². The molecule has 1 unspecified atom stereocenters. The van der Waals surface area contributed by atoms with Crippen LogP contribution >= 0.6 is 0 Å². The van der Waals surface area contributed by atoms with E-state index in [4.69, 9.17) is 14.4 Å². The van der Waals surface area contributed by atoms with Crippen molar-refractivity contribution in [3.63, 3.8) is 0 Å². The predicted molar refractivity (Wildman–Crippen MR) is 77.5 cm³/mol. The Hall–Kier alpha value is -2.41. The third-order valence-electron chi connectivity index (χ3n) is 2.89. The summed E-state index contributed by atoms with van der Waals surface area (Å²) in [4.78, 5) is 0. The number of unbranched alkanes of at least 4 members (excludes halogenated alkanes) is 1. The number of nitriles is 1. The smallest absolute Gasteiger partial charge is 0.125 e. The Morgan fingerprint density at radius 3 is 3.00 bits per heavy atom. The summed E-state index contributed by atoms with van der Waals surface area (Å²) in [5.41, 5.74) is 0.978. The van der Waals surface area contributed by atoms with Gasteiger partial charge >= 0.3 is 0 Å². The van der Waals surface area contributed by atoms with Crippen LogP contribution in [0.1, 0.15) is 31.6 Å². The Morgan fingerprint density at radius 2 is 2.25 bits per heavy atom. The SMILES string of the molecule is CC(Nc1cccc(OCCCC#N)c1)c1ccco1. The maximum atomic E-state index is 8.47. The molecule has 0 aliphatic heterocycles. The molecule has 4 nitrogen and oxygen atoms in total. The minimum Gasteiger partial charge on any atom is -0.493 e. The van der Waals surface area contributed by atoms with E-state index < -0.39 is 0 Å². The number of ether oxygens (including phenoxy) is 1. The van der Waals surface area contributed by atoms with Crippen molar-refractivity contribution in [3.8, 4) is 11.8 Å². The monoisotopic (exact) mass is 270 g/mol. The largest absolute Gasteiger partial charge is 0.493 e. The van der Waals surface area contributed by atoms with E-state index in [1.807, 2.05) is 43.3 Å². The molecular formula is C16H18N2O2. The van der Waals surface area contributed by atoms with E-state index >= 15 is 0 Å². The number of hydrogen-bond acceptors (Lipinski definition) is 4. The zero-order chi connectivity index (χ0) is 14.2. The van der Waals surface area contributed by atoms with Gasteiger partial charge in [-0.25, -0.2) is 0 Å². The van der Waals surface area contributed by atoms with Gasteiger partial charge in [-0.3, -0.25) is 0 Å². The van der Waals surface area contributed by atoms with Gasteiger partial charge in [0.25, 0.3) is 0 Å². The highest BCUT2D eigenvalue weighted by Crippen LogP contribution is 2.23. The van der Waals surface area contributed by atoms with Crippen molar-refractivity contribution in [1.29, 1.82) is 5.26 Å². The molecule has 1 atom stereocenters. The minimum absolute atomic E-state index is 0.0961. The number of anilines is 1. The first-order valence-electron chi connectivity index (χ1n) is 6.69. The van der Waals surface area contributed by atoms with E-state index in [9.17, 15) is 0 Å². The Labute approximate surface area is 119 Å². The van der Waals surface area contributed by atoms with Crippen molar-refractivity contribution in [3.05, 3.63) is 48.4 Å². The summed E-state index contributed by atoms with van der Waals surface area (Å²) >= 11 is 0. The van der Waals surface area contributed by atoms with Gasteiger partial charge in [0.15, 0.2) is 0 Å². The first kappa shape index (κ1) is 14.0. The van der Waals surface area contributed by atoms with Crippen LogP contribution in [0.25, 0.3) is 0 Å². The van der Waals surface area contributed by atoms with Crippen LogP contribution in [0.15, 0.2) is 47.1 Å². The van der Waals surface area contributed by atoms with Gasteiger partial charge in [0, 0.05) is 18.2 Å². The molecule has 0 saturated heterocycles. The first-order chi connectivity index (χ1) is 9.79. The molecule has 0 bridgehead atoms. The Kier molecular flexibility index (Phi) is 5.08. The highest BCUT2D eigenvalue weighted by molar-refractivity contribution is 5.49. The van der Waals surface area contributed by atoms with Crippen LogP contribution in [0, 0.1) is 11.3 Å². The van der Waals surface area contributed by atoms with E-state index in [-0.39, 0.29) is 6.04 Å². The van der Waals surface area contributed by atoms with Crippen LogP contribution in [0.5, 0.6) is 5.75 Å². The normalized spacial score (nSPS) is 11.6. The molecule has 1 heterocycles. The molecule has 20 heavy (non-hydrogen) atoms. The molecule has 0 radical (unpaired) electrons. The average Bonchev–Trinajstić information content (AvgIpc) is 2.98. The maximum absolute atomic E-state index is 8.47. The van der Waals surface area contributed by atoms with Crippen molar-refractivity contribution in [2.24, 2.45) is 0 Å². The Morgan fingerprint density at radius 1 is 1.35 bits per heavy atom. The summed E-state index contributed by atoms with van der Waals surface area (Å²) < 4.78 is 11.0. The zero-order valence-electron chi connectivity index (χ0n) is 11.5. The molecule has 1 aromatic heterocycles. The van der Waals surface area contributed by atoms with Crippen LogP contribution in [0.4, 0.5) is 5.69 Å². The fourth-order valence-corrected chi connectivity index (χ4v) is 1.88. The molecule has 104 valence electrons. The van der Waals surface area contributed by atoms with Gasteiger partial charge in [0.05, 0.1) is 25.0 Å². The van der Waals surface area contributed by atoms with Crippen LogP contribution in [0.3, 0.4) is 0 Å². The Balaban J connectivity index is 1.91. The van der Waals surface area contributed by atoms with E-state index in [1.165, 1.54) is 0 Å². The van der Waals surface area contributed by atoms with Gasteiger partial charge in [0.2, 0.25) is 0 Å². The van der Waals surface area contributed by atoms with Crippen molar-refractivity contribution in [2.45, 2.75) is 25.8 Å². The molecule has 0 fully saturated rings. The number of rotatable bonds is 7. The summed E-state index contributed by atoms with van der Waals surface area (Å²) in [5.74, 6) is 1.70. The summed E-state index contributed by atoms with van der Waals surface area (Å²) in [6.07, 6.45) is 2.94. The number of nitrogens with one attached hydrogen (secondary N) is 1. The van der Waals surface area contributed by atoms with Gasteiger partial charge < -0.3 is 14.5 Å².